The van der Waals surface area contributed by atoms with Gasteiger partial charge in [-0.1, -0.05) is 17.7 Å². The van der Waals surface area contributed by atoms with Gasteiger partial charge in [0, 0.05) is 5.75 Å². The zero-order valence-electron chi connectivity index (χ0n) is 14.5. The van der Waals surface area contributed by atoms with Crippen LogP contribution in [-0.2, 0) is 4.74 Å². The lowest BCUT2D eigenvalue weighted by molar-refractivity contribution is 0.0524. The van der Waals surface area contributed by atoms with E-state index < -0.39 is 5.97 Å². The average molecular weight is 356 g/mol. The maximum atomic E-state index is 11.9. The van der Waals surface area contributed by atoms with Crippen molar-refractivity contribution in [2.24, 2.45) is 0 Å². The van der Waals surface area contributed by atoms with Crippen LogP contribution in [-0.4, -0.2) is 29.9 Å². The van der Waals surface area contributed by atoms with E-state index in [0.29, 0.717) is 34.2 Å². The average Bonchev–Trinajstić information content (AvgIpc) is 2.60. The molecule has 0 saturated carbocycles. The van der Waals surface area contributed by atoms with Gasteiger partial charge in [-0.15, -0.1) is 11.8 Å². The minimum Gasteiger partial charge on any atom is -0.493 e. The van der Waals surface area contributed by atoms with Crippen molar-refractivity contribution in [1.29, 1.82) is 5.26 Å². The number of aromatic nitrogens is 1. The number of nitrogens with zero attached hydrogens (tertiary/aromatic N) is 2. The van der Waals surface area contributed by atoms with Gasteiger partial charge < -0.3 is 9.47 Å². The summed E-state index contributed by atoms with van der Waals surface area (Å²) in [6.07, 6.45) is 0. The Hall–Kier alpha value is -2.52. The molecule has 25 heavy (non-hydrogen) atoms. The van der Waals surface area contributed by atoms with Crippen molar-refractivity contribution < 1.29 is 14.3 Å². The highest BCUT2D eigenvalue weighted by Gasteiger charge is 2.16. The van der Waals surface area contributed by atoms with Crippen molar-refractivity contribution in [2.75, 3.05) is 19.0 Å². The van der Waals surface area contributed by atoms with Crippen LogP contribution in [0.15, 0.2) is 35.4 Å². The third kappa shape index (κ3) is 5.23. The molecule has 0 aliphatic heterocycles. The van der Waals surface area contributed by atoms with Gasteiger partial charge in [0.25, 0.3) is 0 Å². The van der Waals surface area contributed by atoms with Crippen molar-refractivity contribution in [3.63, 3.8) is 0 Å². The summed E-state index contributed by atoms with van der Waals surface area (Å²) in [5, 5.41) is 9.92. The fourth-order valence-corrected chi connectivity index (χ4v) is 2.94. The summed E-state index contributed by atoms with van der Waals surface area (Å²) in [7, 11) is 0. The van der Waals surface area contributed by atoms with Gasteiger partial charge in [-0.3, -0.25) is 0 Å². The van der Waals surface area contributed by atoms with Crippen molar-refractivity contribution in [1.82, 2.24) is 4.98 Å². The van der Waals surface area contributed by atoms with Gasteiger partial charge >= 0.3 is 5.97 Å². The zero-order chi connectivity index (χ0) is 18.2. The highest BCUT2D eigenvalue weighted by molar-refractivity contribution is 7.99. The third-order valence-corrected chi connectivity index (χ3v) is 4.36. The smallest absolute Gasteiger partial charge is 0.340 e. The summed E-state index contributed by atoms with van der Waals surface area (Å²) in [6.45, 7) is 6.29. The number of thioether (sulfide) groups is 1. The van der Waals surface area contributed by atoms with E-state index in [-0.39, 0.29) is 6.61 Å². The van der Waals surface area contributed by atoms with Crippen molar-refractivity contribution in [2.45, 2.75) is 25.8 Å². The number of esters is 1. The monoisotopic (exact) mass is 356 g/mol. The number of benzene rings is 1. The van der Waals surface area contributed by atoms with E-state index in [2.05, 4.69) is 11.1 Å². The molecule has 0 fully saturated rings. The van der Waals surface area contributed by atoms with E-state index in [0.717, 1.165) is 5.75 Å². The molecule has 2 aromatic rings. The van der Waals surface area contributed by atoms with E-state index in [1.54, 1.807) is 19.9 Å². The highest BCUT2D eigenvalue weighted by Crippen LogP contribution is 2.23. The molecular formula is C19H20N2O3S. The Morgan fingerprint density at radius 1 is 1.28 bits per heavy atom. The Morgan fingerprint density at radius 2 is 2.00 bits per heavy atom. The van der Waals surface area contributed by atoms with Gasteiger partial charge in [-0.05, 0) is 39.0 Å². The van der Waals surface area contributed by atoms with Crippen LogP contribution in [0.3, 0.4) is 0 Å². The summed E-state index contributed by atoms with van der Waals surface area (Å²) in [6, 6.07) is 11.5. The molecule has 0 unspecified atom stereocenters. The molecule has 1 aromatic heterocycles. The Kier molecular flexibility index (Phi) is 6.84. The van der Waals surface area contributed by atoms with Gasteiger partial charge in [0.05, 0.1) is 30.0 Å². The predicted molar refractivity (Wildman–Crippen MR) is 97.0 cm³/mol. The van der Waals surface area contributed by atoms with Gasteiger partial charge in [-0.25, -0.2) is 9.78 Å². The number of carbonyl (C=O) groups is 1. The van der Waals surface area contributed by atoms with Crippen LogP contribution in [0, 0.1) is 25.2 Å². The summed E-state index contributed by atoms with van der Waals surface area (Å²) < 4.78 is 10.7. The molecule has 0 N–H and O–H groups in total. The second kappa shape index (κ2) is 9.09. The van der Waals surface area contributed by atoms with E-state index in [1.165, 1.54) is 17.3 Å². The maximum Gasteiger partial charge on any atom is 0.340 e. The lowest BCUT2D eigenvalue weighted by Gasteiger charge is -2.10. The SMILES string of the molecule is CCOC(=O)c1cc(C#N)c(SCCOc2ccc(C)cc2)nc1C. The first kappa shape index (κ1) is 18.8. The summed E-state index contributed by atoms with van der Waals surface area (Å²) in [5.41, 5.74) is 2.44. The number of pyridine rings is 1. The lowest BCUT2D eigenvalue weighted by atomic mass is 10.1. The molecule has 0 radical (unpaired) electrons. The summed E-state index contributed by atoms with van der Waals surface area (Å²) in [4.78, 5) is 16.3. The topological polar surface area (TPSA) is 72.2 Å². The number of hydrogen-bond donors (Lipinski definition) is 0. The molecule has 0 spiro atoms. The molecule has 0 amide bonds. The van der Waals surface area contributed by atoms with Gasteiger partial charge in [-0.2, -0.15) is 5.26 Å². The summed E-state index contributed by atoms with van der Waals surface area (Å²) >= 11 is 1.43. The van der Waals surface area contributed by atoms with Gasteiger partial charge in [0.2, 0.25) is 0 Å². The van der Waals surface area contributed by atoms with Crippen molar-refractivity contribution >= 4 is 17.7 Å². The van der Waals surface area contributed by atoms with Crippen LogP contribution in [0.4, 0.5) is 0 Å². The minimum absolute atomic E-state index is 0.285. The number of hydrogen-bond acceptors (Lipinski definition) is 6. The molecule has 0 saturated heterocycles. The Balaban J connectivity index is 1.99. The minimum atomic E-state index is -0.455. The Morgan fingerprint density at radius 3 is 2.64 bits per heavy atom. The molecule has 2 rings (SSSR count). The molecule has 1 aromatic carbocycles. The quantitative estimate of drug-likeness (QED) is 0.425. The molecule has 0 aliphatic carbocycles. The molecule has 1 heterocycles. The summed E-state index contributed by atoms with van der Waals surface area (Å²) in [5.74, 6) is 1.00. The molecule has 0 aliphatic rings. The van der Waals surface area contributed by atoms with Gasteiger partial charge in [0.15, 0.2) is 0 Å². The first-order valence-electron chi connectivity index (χ1n) is 7.96. The van der Waals surface area contributed by atoms with Crippen LogP contribution in [0.1, 0.15) is 34.1 Å². The molecule has 5 nitrogen and oxygen atoms in total. The lowest BCUT2D eigenvalue weighted by Crippen LogP contribution is -2.09. The standard InChI is InChI=1S/C19H20N2O3S/c1-4-23-19(22)17-11-15(12-20)18(21-14(17)3)25-10-9-24-16-7-5-13(2)6-8-16/h5-8,11H,4,9-10H2,1-3H3. The van der Waals surface area contributed by atoms with E-state index in [1.807, 2.05) is 31.2 Å². The molecule has 0 bridgehead atoms. The maximum absolute atomic E-state index is 11.9. The van der Waals surface area contributed by atoms with E-state index in [4.69, 9.17) is 9.47 Å². The van der Waals surface area contributed by atoms with Crippen molar-refractivity contribution in [3.8, 4) is 11.8 Å². The van der Waals surface area contributed by atoms with E-state index in [9.17, 15) is 10.1 Å². The van der Waals surface area contributed by atoms with Crippen LogP contribution in [0.25, 0.3) is 0 Å². The van der Waals surface area contributed by atoms with E-state index >= 15 is 0 Å². The van der Waals surface area contributed by atoms with Crippen molar-refractivity contribution in [3.05, 3.63) is 52.7 Å². The fraction of sp³-hybridized carbons (Fsp3) is 0.316. The van der Waals surface area contributed by atoms with Crippen LogP contribution < -0.4 is 4.74 Å². The molecule has 0 atom stereocenters. The van der Waals surface area contributed by atoms with Crippen LogP contribution >= 0.6 is 11.8 Å². The first-order valence-corrected chi connectivity index (χ1v) is 8.94. The van der Waals surface area contributed by atoms with Crippen LogP contribution in [0.5, 0.6) is 5.75 Å². The predicted octanol–water partition coefficient (Wildman–Crippen LogP) is 3.92. The largest absolute Gasteiger partial charge is 0.493 e. The van der Waals surface area contributed by atoms with Crippen LogP contribution in [0.2, 0.25) is 0 Å². The normalized spacial score (nSPS) is 10.2. The zero-order valence-corrected chi connectivity index (χ0v) is 15.4. The second-order valence-corrected chi connectivity index (χ2v) is 6.40. The molecule has 6 heteroatoms. The fourth-order valence-electron chi connectivity index (χ4n) is 2.12. The number of carbonyl (C=O) groups excluding carboxylic acids is 1. The number of ether oxygens (including phenoxy) is 2. The number of nitriles is 1. The number of aryl methyl sites for hydroxylation is 2. The first-order chi connectivity index (χ1) is 12.0. The molecule has 130 valence electrons. The highest BCUT2D eigenvalue weighted by atomic mass is 32.2. The third-order valence-electron chi connectivity index (χ3n) is 3.41. The van der Waals surface area contributed by atoms with Gasteiger partial charge in [0.1, 0.15) is 16.8 Å². The molecular weight excluding hydrogens is 336 g/mol. The Bertz CT molecular complexity index is 782. The Labute approximate surface area is 152 Å². The second-order valence-electron chi connectivity index (χ2n) is 5.32. The number of rotatable bonds is 7.